The molecule has 0 aromatic heterocycles. The molecule has 0 radical (unpaired) electrons. The fourth-order valence-electron chi connectivity index (χ4n) is 3.12. The minimum Gasteiger partial charge on any atom is -0.334 e. The van der Waals surface area contributed by atoms with Crippen LogP contribution in [0.15, 0.2) is 30.3 Å². The molecule has 2 fully saturated rings. The first-order chi connectivity index (χ1) is 10.4. The van der Waals surface area contributed by atoms with Crippen molar-refractivity contribution in [2.45, 2.75) is 24.6 Å². The summed E-state index contributed by atoms with van der Waals surface area (Å²) in [6.07, 6.45) is -0.663. The number of alkyl halides is 1. The second kappa shape index (κ2) is 5.87. The summed E-state index contributed by atoms with van der Waals surface area (Å²) in [5, 5.41) is 2.71. The molecule has 3 rings (SSSR count). The molecule has 1 N–H and O–H groups in total. The predicted octanol–water partition coefficient (Wildman–Crippen LogP) is 1.32. The molecule has 2 amide bonds. The zero-order chi connectivity index (χ0) is 15.7. The Morgan fingerprint density at radius 1 is 1.23 bits per heavy atom. The third-order valence-corrected chi connectivity index (χ3v) is 6.09. The van der Waals surface area contributed by atoms with Gasteiger partial charge in [0, 0.05) is 18.5 Å². The maximum absolute atomic E-state index is 14.2. The quantitative estimate of drug-likeness (QED) is 0.891. The smallest absolute Gasteiger partial charge is 0.317 e. The van der Waals surface area contributed by atoms with Gasteiger partial charge < -0.3 is 10.2 Å². The lowest BCUT2D eigenvalue weighted by Gasteiger charge is -2.19. The molecule has 120 valence electrons. The average molecular weight is 326 g/mol. The highest BCUT2D eigenvalue weighted by molar-refractivity contribution is 7.91. The molecule has 0 aliphatic carbocycles. The summed E-state index contributed by atoms with van der Waals surface area (Å²) in [7, 11) is -3.04. The van der Waals surface area contributed by atoms with Crippen molar-refractivity contribution in [3.05, 3.63) is 35.9 Å². The van der Waals surface area contributed by atoms with Crippen molar-refractivity contribution in [1.82, 2.24) is 10.2 Å². The first kappa shape index (κ1) is 15.3. The van der Waals surface area contributed by atoms with E-state index in [1.165, 1.54) is 4.90 Å². The molecule has 2 heterocycles. The Morgan fingerprint density at radius 2 is 1.95 bits per heavy atom. The molecule has 2 aliphatic rings. The second-order valence-corrected chi connectivity index (χ2v) is 8.22. The van der Waals surface area contributed by atoms with Gasteiger partial charge in [-0.1, -0.05) is 30.3 Å². The lowest BCUT2D eigenvalue weighted by atomic mass is 9.97. The molecule has 7 heteroatoms. The molecule has 3 atom stereocenters. The van der Waals surface area contributed by atoms with E-state index in [1.807, 2.05) is 30.3 Å². The van der Waals surface area contributed by atoms with Crippen LogP contribution in [0.25, 0.3) is 0 Å². The van der Waals surface area contributed by atoms with Crippen molar-refractivity contribution in [3.8, 4) is 0 Å². The Labute approximate surface area is 129 Å². The zero-order valence-electron chi connectivity index (χ0n) is 12.1. The molecule has 0 saturated carbocycles. The van der Waals surface area contributed by atoms with Crippen LogP contribution in [0, 0.1) is 0 Å². The maximum Gasteiger partial charge on any atom is 0.317 e. The van der Waals surface area contributed by atoms with Crippen molar-refractivity contribution in [2.24, 2.45) is 0 Å². The number of amides is 2. The number of sulfone groups is 1. The highest BCUT2D eigenvalue weighted by Gasteiger charge is 2.38. The number of benzene rings is 1. The molecule has 0 spiro atoms. The number of nitrogens with one attached hydrogen (secondary N) is 1. The summed E-state index contributed by atoms with van der Waals surface area (Å²) in [5.74, 6) is -0.233. The first-order valence-corrected chi connectivity index (χ1v) is 9.21. The Bertz CT molecular complexity index is 650. The molecule has 0 bridgehead atoms. The highest BCUT2D eigenvalue weighted by Crippen LogP contribution is 2.29. The highest BCUT2D eigenvalue weighted by atomic mass is 32.2. The number of urea groups is 1. The Morgan fingerprint density at radius 3 is 2.59 bits per heavy atom. The van der Waals surface area contributed by atoms with E-state index in [1.54, 1.807) is 0 Å². The summed E-state index contributed by atoms with van der Waals surface area (Å²) >= 11 is 0. The van der Waals surface area contributed by atoms with Gasteiger partial charge in [0.15, 0.2) is 9.84 Å². The summed E-state index contributed by atoms with van der Waals surface area (Å²) in [6.45, 7) is 0.362. The average Bonchev–Trinajstić information content (AvgIpc) is 3.02. The second-order valence-electron chi connectivity index (χ2n) is 5.99. The van der Waals surface area contributed by atoms with Crippen LogP contribution in [0.5, 0.6) is 0 Å². The van der Waals surface area contributed by atoms with E-state index in [0.717, 1.165) is 5.56 Å². The SMILES string of the molecule is O=C(NC1CCS(=O)(=O)C1)N1C[C@@H](F)[C@@H](c2ccccc2)C1. The molecular formula is C15H19FN2O3S. The molecule has 1 aromatic rings. The maximum atomic E-state index is 14.2. The lowest BCUT2D eigenvalue weighted by Crippen LogP contribution is -2.44. The van der Waals surface area contributed by atoms with Crippen LogP contribution < -0.4 is 5.32 Å². The predicted molar refractivity (Wildman–Crippen MR) is 81.2 cm³/mol. The van der Waals surface area contributed by atoms with E-state index in [2.05, 4.69) is 5.32 Å². The van der Waals surface area contributed by atoms with Gasteiger partial charge >= 0.3 is 6.03 Å². The summed E-state index contributed by atoms with van der Waals surface area (Å²) < 4.78 is 37.0. The van der Waals surface area contributed by atoms with E-state index >= 15 is 0 Å². The van der Waals surface area contributed by atoms with Crippen molar-refractivity contribution in [2.75, 3.05) is 24.6 Å². The van der Waals surface area contributed by atoms with Crippen molar-refractivity contribution >= 4 is 15.9 Å². The monoisotopic (exact) mass is 326 g/mol. The summed E-state index contributed by atoms with van der Waals surface area (Å²) in [4.78, 5) is 13.6. The van der Waals surface area contributed by atoms with Crippen LogP contribution in [-0.2, 0) is 9.84 Å². The molecule has 1 aromatic carbocycles. The number of nitrogens with zero attached hydrogens (tertiary/aromatic N) is 1. The number of carbonyl (C=O) groups excluding carboxylic acids is 1. The van der Waals surface area contributed by atoms with Crippen molar-refractivity contribution in [1.29, 1.82) is 0 Å². The number of likely N-dealkylation sites (tertiary alicyclic amines) is 1. The van der Waals surface area contributed by atoms with Crippen molar-refractivity contribution < 1.29 is 17.6 Å². The number of hydrogen-bond acceptors (Lipinski definition) is 3. The number of rotatable bonds is 2. The Balaban J connectivity index is 1.61. The van der Waals surface area contributed by atoms with Crippen LogP contribution in [0.1, 0.15) is 17.9 Å². The number of carbonyl (C=O) groups is 1. The van der Waals surface area contributed by atoms with E-state index in [9.17, 15) is 17.6 Å². The van der Waals surface area contributed by atoms with E-state index in [0.29, 0.717) is 13.0 Å². The normalized spacial score (nSPS) is 30.4. The van der Waals surface area contributed by atoms with Gasteiger partial charge in [-0.25, -0.2) is 17.6 Å². The molecule has 5 nitrogen and oxygen atoms in total. The van der Waals surface area contributed by atoms with Crippen LogP contribution in [0.2, 0.25) is 0 Å². The number of hydrogen-bond donors (Lipinski definition) is 1. The van der Waals surface area contributed by atoms with Crippen LogP contribution >= 0.6 is 0 Å². The van der Waals surface area contributed by atoms with Gasteiger partial charge in [0.2, 0.25) is 0 Å². The third-order valence-electron chi connectivity index (χ3n) is 4.32. The van der Waals surface area contributed by atoms with Crippen LogP contribution in [-0.4, -0.2) is 56.2 Å². The third kappa shape index (κ3) is 3.24. The van der Waals surface area contributed by atoms with Gasteiger partial charge in [0.1, 0.15) is 6.17 Å². The number of halogens is 1. The van der Waals surface area contributed by atoms with Crippen LogP contribution in [0.4, 0.5) is 9.18 Å². The molecule has 2 saturated heterocycles. The molecule has 1 unspecified atom stereocenters. The minimum absolute atomic E-state index is 0.0201. The fourth-order valence-corrected chi connectivity index (χ4v) is 4.79. The topological polar surface area (TPSA) is 66.5 Å². The van der Waals surface area contributed by atoms with E-state index < -0.39 is 16.0 Å². The van der Waals surface area contributed by atoms with Gasteiger partial charge in [0.25, 0.3) is 0 Å². The largest absolute Gasteiger partial charge is 0.334 e. The molecule has 2 aliphatic heterocycles. The van der Waals surface area contributed by atoms with Gasteiger partial charge in [-0.15, -0.1) is 0 Å². The minimum atomic E-state index is -3.04. The van der Waals surface area contributed by atoms with Gasteiger partial charge in [-0.05, 0) is 12.0 Å². The Hall–Kier alpha value is -1.63. The summed E-state index contributed by atoms with van der Waals surface area (Å²) in [5.41, 5.74) is 0.883. The summed E-state index contributed by atoms with van der Waals surface area (Å²) in [6, 6.07) is 8.58. The Kier molecular flexibility index (Phi) is 4.08. The van der Waals surface area contributed by atoms with Gasteiger partial charge in [-0.3, -0.25) is 0 Å². The molecular weight excluding hydrogens is 307 g/mol. The lowest BCUT2D eigenvalue weighted by molar-refractivity contribution is 0.201. The van der Waals surface area contributed by atoms with Gasteiger partial charge in [0.05, 0.1) is 18.1 Å². The van der Waals surface area contributed by atoms with Crippen LogP contribution in [0.3, 0.4) is 0 Å². The zero-order valence-corrected chi connectivity index (χ0v) is 12.9. The first-order valence-electron chi connectivity index (χ1n) is 7.39. The molecule has 22 heavy (non-hydrogen) atoms. The fraction of sp³-hybridized carbons (Fsp3) is 0.533. The van der Waals surface area contributed by atoms with Crippen molar-refractivity contribution in [3.63, 3.8) is 0 Å². The van der Waals surface area contributed by atoms with Gasteiger partial charge in [-0.2, -0.15) is 0 Å². The standard InChI is InChI=1S/C15H19FN2O3S/c16-14-9-18(8-13(14)11-4-2-1-3-5-11)15(19)17-12-6-7-22(20,21)10-12/h1-5,12-14H,6-10H2,(H,17,19)/t12?,13-,14-/m1/s1. The van der Waals surface area contributed by atoms with E-state index in [-0.39, 0.29) is 36.0 Å². The van der Waals surface area contributed by atoms with E-state index in [4.69, 9.17) is 0 Å².